The number of hydrogen-bond acceptors (Lipinski definition) is 14. The number of likely N-dealkylation sites (tertiary alicyclic amines) is 2. The molecule has 0 bridgehead atoms. The number of Topliss-reactive ketones (excluding diaryl/α,β-unsaturated/α-hetero) is 3. The van der Waals surface area contributed by atoms with Crippen molar-refractivity contribution in [1.82, 2.24) is 19.6 Å². The number of carbonyl (C=O) groups excluding carboxylic acids is 8. The van der Waals surface area contributed by atoms with E-state index in [1.165, 1.54) is 28.6 Å². The quantitative estimate of drug-likeness (QED) is 0.0496. The monoisotopic (exact) mass is 1120 g/mol. The first kappa shape index (κ1) is 66.3. The third-order valence-corrected chi connectivity index (χ3v) is 17.3. The summed E-state index contributed by atoms with van der Waals surface area (Å²) in [4.78, 5) is 114. The summed E-state index contributed by atoms with van der Waals surface area (Å²) in [5.74, 6) is -3.25. The molecule has 17 nitrogen and oxygen atoms in total. The largest absolute Gasteiger partial charge is 0.445 e. The Morgan fingerprint density at radius 1 is 0.810 bits per heavy atom. The molecule has 0 radical (unpaired) electrons. The molecule has 2 aromatic carbocycles. The molecule has 2 aromatic rings. The van der Waals surface area contributed by atoms with Crippen LogP contribution in [0.15, 0.2) is 54.6 Å². The number of benzene rings is 2. The number of aliphatic hydroxyl groups excluding tert-OH is 1. The van der Waals surface area contributed by atoms with Gasteiger partial charge in [0.1, 0.15) is 12.4 Å². The number of anilines is 1. The second-order valence-corrected chi connectivity index (χ2v) is 23.7. The van der Waals surface area contributed by atoms with Gasteiger partial charge >= 0.3 is 6.09 Å². The van der Waals surface area contributed by atoms with Crippen molar-refractivity contribution in [3.8, 4) is 0 Å². The minimum atomic E-state index is -0.886. The molecule has 2 aliphatic rings. The van der Waals surface area contributed by atoms with E-state index >= 15 is 0 Å². The van der Waals surface area contributed by atoms with E-state index in [0.29, 0.717) is 50.8 Å². The Labute approximate surface area is 474 Å². The van der Waals surface area contributed by atoms with Gasteiger partial charge in [-0.2, -0.15) is 11.8 Å². The lowest BCUT2D eigenvalue weighted by Gasteiger charge is -2.41. The lowest BCUT2D eigenvalue weighted by atomic mass is 9.83. The molecule has 11 atom stereocenters. The third-order valence-electron chi connectivity index (χ3n) is 16.4. The van der Waals surface area contributed by atoms with Crippen LogP contribution in [-0.4, -0.2) is 162 Å². The van der Waals surface area contributed by atoms with Gasteiger partial charge in [0.25, 0.3) is 0 Å². The van der Waals surface area contributed by atoms with E-state index in [2.05, 4.69) is 5.32 Å². The van der Waals surface area contributed by atoms with Crippen LogP contribution in [0.2, 0.25) is 0 Å². The molecular formula is C61H93N5O12S. The van der Waals surface area contributed by atoms with Crippen molar-refractivity contribution in [3.05, 3.63) is 65.7 Å². The van der Waals surface area contributed by atoms with Crippen LogP contribution in [-0.2, 0) is 54.4 Å². The number of unbranched alkanes of at least 4 members (excludes halogenated alkanes) is 2. The van der Waals surface area contributed by atoms with Gasteiger partial charge < -0.3 is 39.3 Å². The molecule has 2 N–H and O–H groups in total. The molecule has 2 saturated heterocycles. The predicted octanol–water partition coefficient (Wildman–Crippen LogP) is 8.79. The van der Waals surface area contributed by atoms with E-state index < -0.39 is 48.3 Å². The maximum atomic E-state index is 14.8. The fraction of sp³-hybridized carbons (Fsp3) is 0.672. The van der Waals surface area contributed by atoms with Crippen molar-refractivity contribution in [3.63, 3.8) is 0 Å². The lowest BCUT2D eigenvalue weighted by molar-refractivity contribution is -0.149. The number of aliphatic hydroxyl groups is 1. The summed E-state index contributed by atoms with van der Waals surface area (Å²) in [6.07, 6.45) is 3.81. The van der Waals surface area contributed by atoms with Crippen molar-refractivity contribution in [2.24, 2.45) is 35.5 Å². The number of nitrogens with zero attached hydrogens (tertiary/aromatic N) is 4. The zero-order chi connectivity index (χ0) is 58.7. The summed E-state index contributed by atoms with van der Waals surface area (Å²) in [7, 11) is 6.34. The Morgan fingerprint density at radius 3 is 2.06 bits per heavy atom. The molecule has 2 fully saturated rings. The highest BCUT2D eigenvalue weighted by atomic mass is 32.2. The summed E-state index contributed by atoms with van der Waals surface area (Å²) in [6.45, 7) is 16.2. The number of carbonyl (C=O) groups is 8. The van der Waals surface area contributed by atoms with Crippen LogP contribution in [0.1, 0.15) is 143 Å². The van der Waals surface area contributed by atoms with E-state index in [1.807, 2.05) is 92.0 Å². The van der Waals surface area contributed by atoms with Crippen LogP contribution in [0.4, 0.5) is 10.5 Å². The average molecular weight is 1120 g/mol. The Kier molecular flexibility index (Phi) is 27.1. The number of methoxy groups -OCH3 is 2. The van der Waals surface area contributed by atoms with Gasteiger partial charge in [-0.3, -0.25) is 38.5 Å². The summed E-state index contributed by atoms with van der Waals surface area (Å²) in [5.41, 5.74) is 2.17. The summed E-state index contributed by atoms with van der Waals surface area (Å²) in [6, 6.07) is 14.7. The molecule has 2 unspecified atom stereocenters. The van der Waals surface area contributed by atoms with Gasteiger partial charge in [0, 0.05) is 84.6 Å². The van der Waals surface area contributed by atoms with E-state index in [4.69, 9.17) is 14.2 Å². The van der Waals surface area contributed by atoms with E-state index in [9.17, 15) is 43.5 Å². The first-order valence-corrected chi connectivity index (χ1v) is 29.8. The Bertz CT molecular complexity index is 2320. The smallest absolute Gasteiger partial charge is 0.410 e. The number of ketones is 3. The normalized spacial score (nSPS) is 19.1. The van der Waals surface area contributed by atoms with Crippen LogP contribution >= 0.6 is 11.8 Å². The van der Waals surface area contributed by atoms with Crippen molar-refractivity contribution in [1.29, 1.82) is 0 Å². The molecular weight excluding hydrogens is 1030 g/mol. The number of ether oxygens (including phenoxy) is 3. The highest BCUT2D eigenvalue weighted by molar-refractivity contribution is 8.00. The van der Waals surface area contributed by atoms with Gasteiger partial charge in [-0.25, -0.2) is 4.79 Å². The SMILES string of the molecule is CC[C@H](C)[C@@H](C(CC(=O)N1CCC[C@H]1[C@H](OC)[C@@H](C)C(=O)C[C@H](C)[C@@H](O)c1ccccc1)OC)N(C)C(=O)[C@@H](CC(=O)[C@H](C(C)C)N(C)C(=O)OCc1ccc(NCC(=O)CCCCCN2C(=O)CC(SC)C2=O)cc1)C(C)C. The van der Waals surface area contributed by atoms with Gasteiger partial charge in [0.2, 0.25) is 23.6 Å². The average Bonchev–Trinajstić information content (AvgIpc) is 4.04. The third kappa shape index (κ3) is 18.4. The molecule has 0 aromatic heterocycles. The first-order chi connectivity index (χ1) is 37.5. The van der Waals surface area contributed by atoms with Crippen LogP contribution in [0, 0.1) is 35.5 Å². The first-order valence-electron chi connectivity index (χ1n) is 28.5. The number of amides is 5. The van der Waals surface area contributed by atoms with Crippen LogP contribution in [0.25, 0.3) is 0 Å². The molecule has 18 heteroatoms. The summed E-state index contributed by atoms with van der Waals surface area (Å²) in [5, 5.41) is 13.8. The van der Waals surface area contributed by atoms with Gasteiger partial charge in [0.05, 0.1) is 54.7 Å². The summed E-state index contributed by atoms with van der Waals surface area (Å²) < 4.78 is 17.8. The second-order valence-electron chi connectivity index (χ2n) is 22.7. The van der Waals surface area contributed by atoms with Gasteiger partial charge in [-0.1, -0.05) is 111 Å². The molecule has 79 heavy (non-hydrogen) atoms. The highest BCUT2D eigenvalue weighted by Crippen LogP contribution is 2.33. The second kappa shape index (κ2) is 32.3. The highest BCUT2D eigenvalue weighted by Gasteiger charge is 2.44. The number of nitrogens with one attached hydrogen (secondary N) is 1. The fourth-order valence-electron chi connectivity index (χ4n) is 11.4. The van der Waals surface area contributed by atoms with E-state index in [-0.39, 0.29) is 115 Å². The van der Waals surface area contributed by atoms with E-state index in [1.54, 1.807) is 55.3 Å². The van der Waals surface area contributed by atoms with Gasteiger partial charge in [-0.05, 0) is 78.9 Å². The minimum Gasteiger partial charge on any atom is -0.445 e. The molecule has 2 aliphatic heterocycles. The molecule has 4 rings (SSSR count). The molecule has 0 aliphatic carbocycles. The standard InChI is InChI=1S/C61H93N5O12S/c1-14-40(6)56(51(76-11)34-53(70)65-31-21-25-48(65)58(77-12)42(8)49(68)32-41(7)57(72)44-22-17-15-18-23-44)63(9)59(73)47(38(2)3)33-50(69)55(39(4)5)64(10)61(75)78-37-43-26-28-45(29-27-43)62-36-46(67)24-19-16-20-30-66-54(71)35-52(79-13)60(66)74/h15,17-18,22-23,26-29,38-42,47-48,51-52,55-58,62,72H,14,16,19-21,24-25,30-37H2,1-13H3/t40-,41-,42-,47-,48-,51?,52?,55-,56-,57+,58+/m0/s1. The molecule has 0 spiro atoms. The number of imide groups is 1. The topological polar surface area (TPSA) is 209 Å². The van der Waals surface area contributed by atoms with Crippen molar-refractivity contribution in [2.75, 3.05) is 59.5 Å². The maximum absolute atomic E-state index is 14.8. The summed E-state index contributed by atoms with van der Waals surface area (Å²) >= 11 is 1.40. The minimum absolute atomic E-state index is 0.0216. The van der Waals surface area contributed by atoms with Crippen molar-refractivity contribution < 1.29 is 57.7 Å². The predicted molar refractivity (Wildman–Crippen MR) is 308 cm³/mol. The zero-order valence-corrected chi connectivity index (χ0v) is 50.3. The Balaban J connectivity index is 1.32. The molecule has 5 amide bonds. The number of likely N-dealkylation sites (N-methyl/N-ethyl adjacent to an activating group) is 2. The van der Waals surface area contributed by atoms with Gasteiger partial charge in [-0.15, -0.1) is 0 Å². The molecule has 2 heterocycles. The van der Waals surface area contributed by atoms with Crippen molar-refractivity contribution >= 4 is 64.5 Å². The number of rotatable bonds is 34. The lowest BCUT2D eigenvalue weighted by Crippen LogP contribution is -2.54. The van der Waals surface area contributed by atoms with Crippen LogP contribution in [0.5, 0.6) is 0 Å². The Morgan fingerprint density at radius 2 is 1.48 bits per heavy atom. The van der Waals surface area contributed by atoms with E-state index in [0.717, 1.165) is 24.1 Å². The molecule has 440 valence electrons. The fourth-order valence-corrected chi connectivity index (χ4v) is 12.0. The van der Waals surface area contributed by atoms with Crippen molar-refractivity contribution in [2.45, 2.75) is 174 Å². The van der Waals surface area contributed by atoms with Crippen LogP contribution < -0.4 is 5.32 Å². The maximum Gasteiger partial charge on any atom is 0.410 e. The number of thioether (sulfide) groups is 1. The van der Waals surface area contributed by atoms with Crippen LogP contribution in [0.3, 0.4) is 0 Å². The molecule has 0 saturated carbocycles. The number of hydrogen-bond donors (Lipinski definition) is 2. The van der Waals surface area contributed by atoms with Gasteiger partial charge in [0.15, 0.2) is 11.6 Å². The Hall–Kier alpha value is -5.17. The zero-order valence-electron chi connectivity index (χ0n) is 49.4.